The molecule has 3 N–H and O–H groups in total. The van der Waals surface area contributed by atoms with Crippen LogP contribution in [0.3, 0.4) is 0 Å². The van der Waals surface area contributed by atoms with Crippen molar-refractivity contribution in [2.24, 2.45) is 29.1 Å². The first kappa shape index (κ1) is 49.4. The molecule has 1 aliphatic carbocycles. The zero-order valence-corrected chi connectivity index (χ0v) is 38.1. The summed E-state index contributed by atoms with van der Waals surface area (Å²) in [6.07, 6.45) is -3.63. The highest BCUT2D eigenvalue weighted by atomic mass is 16.7. The van der Waals surface area contributed by atoms with E-state index in [0.717, 1.165) is 0 Å². The molecule has 1 saturated carbocycles. The van der Waals surface area contributed by atoms with E-state index in [4.69, 9.17) is 33.2 Å². The Labute approximate surface area is 348 Å². The molecule has 3 aliphatic heterocycles. The molecule has 0 spiro atoms. The molecule has 4 rings (SSSR count). The highest BCUT2D eigenvalue weighted by molar-refractivity contribution is 5.82. The number of rotatable bonds is 11. The second-order valence-electron chi connectivity index (χ2n) is 19.5. The number of ketones is 1. The number of Topliss-reactive ketones (excluding diaryl/α,β-unsaturated/α-hetero) is 1. The third-order valence-electron chi connectivity index (χ3n) is 14.2. The van der Waals surface area contributed by atoms with Crippen LogP contribution in [0.4, 0.5) is 0 Å². The number of esters is 1. The van der Waals surface area contributed by atoms with E-state index in [1.54, 1.807) is 21.0 Å². The fraction of sp³-hybridized carbons (Fsp3) is 0.955. The van der Waals surface area contributed by atoms with E-state index in [0.29, 0.717) is 51.7 Å². The van der Waals surface area contributed by atoms with Crippen molar-refractivity contribution in [1.82, 2.24) is 9.80 Å². The van der Waals surface area contributed by atoms with Crippen molar-refractivity contribution in [2.45, 2.75) is 193 Å². The van der Waals surface area contributed by atoms with Crippen molar-refractivity contribution in [1.29, 1.82) is 0 Å². The molecule has 4 fully saturated rings. The first-order chi connectivity index (χ1) is 27.0. The van der Waals surface area contributed by atoms with Crippen LogP contribution in [0.15, 0.2) is 0 Å². The number of carbonyl (C=O) groups excluding carboxylic acids is 2. The molecule has 14 heteroatoms. The number of fused-ring (bicyclic) bond motifs is 1. The van der Waals surface area contributed by atoms with Crippen molar-refractivity contribution in [3.63, 3.8) is 0 Å². The molecule has 3 saturated heterocycles. The third kappa shape index (κ3) is 11.0. The van der Waals surface area contributed by atoms with Crippen molar-refractivity contribution in [2.75, 3.05) is 48.0 Å². The topological polar surface area (TPSA) is 166 Å². The van der Waals surface area contributed by atoms with Gasteiger partial charge in [0.05, 0.1) is 41.5 Å². The molecule has 58 heavy (non-hydrogen) atoms. The maximum Gasteiger partial charge on any atom is 0.311 e. The maximum absolute atomic E-state index is 14.7. The van der Waals surface area contributed by atoms with Gasteiger partial charge in [0.2, 0.25) is 0 Å². The number of methoxy groups -OCH3 is 1. The van der Waals surface area contributed by atoms with Gasteiger partial charge in [0.25, 0.3) is 0 Å². The molecule has 338 valence electrons. The molecule has 0 aromatic heterocycles. The Morgan fingerprint density at radius 1 is 0.983 bits per heavy atom. The van der Waals surface area contributed by atoms with Crippen molar-refractivity contribution in [3.8, 4) is 0 Å². The van der Waals surface area contributed by atoms with Gasteiger partial charge in [-0.25, -0.2) is 0 Å². The third-order valence-corrected chi connectivity index (χ3v) is 14.2. The van der Waals surface area contributed by atoms with Crippen molar-refractivity contribution in [3.05, 3.63) is 0 Å². The van der Waals surface area contributed by atoms with Gasteiger partial charge in [-0.3, -0.25) is 9.59 Å². The highest BCUT2D eigenvalue weighted by Crippen LogP contribution is 2.49. The number of hydrogen-bond acceptors (Lipinski definition) is 14. The number of carbonyl (C=O) groups is 2. The first-order valence-electron chi connectivity index (χ1n) is 21.9. The summed E-state index contributed by atoms with van der Waals surface area (Å²) >= 11 is 0. The Morgan fingerprint density at radius 3 is 2.26 bits per heavy atom. The number of likely N-dealkylation sites (N-methyl/N-ethyl adjacent to an activating group) is 1. The van der Waals surface area contributed by atoms with Gasteiger partial charge in [0, 0.05) is 69.5 Å². The van der Waals surface area contributed by atoms with Crippen LogP contribution in [-0.2, 0) is 42.7 Å². The van der Waals surface area contributed by atoms with E-state index >= 15 is 0 Å². The van der Waals surface area contributed by atoms with Crippen LogP contribution in [0, 0.1) is 29.1 Å². The summed E-state index contributed by atoms with van der Waals surface area (Å²) in [6, 6.07) is -0.255. The summed E-state index contributed by atoms with van der Waals surface area (Å²) in [7, 11) is 7.51. The highest BCUT2D eigenvalue weighted by Gasteiger charge is 2.55. The number of cyclic esters (lactones) is 1. The summed E-state index contributed by atoms with van der Waals surface area (Å²) in [6.45, 7) is 20.5. The smallest absolute Gasteiger partial charge is 0.311 e. The molecular weight excluding hydrogens is 748 g/mol. The quantitative estimate of drug-likeness (QED) is 0.201. The van der Waals surface area contributed by atoms with Crippen LogP contribution in [0.25, 0.3) is 0 Å². The average Bonchev–Trinajstić information content (AvgIpc) is 3.46. The van der Waals surface area contributed by atoms with Crippen LogP contribution in [0.5, 0.6) is 0 Å². The SMILES string of the molecule is CC[C@H]1OC(=O)[C@H](C)[C@@H](O[C@H]2C[C@@](C)(OC)[C@@H](OCCCO)[C@H](C)O2)[C@H](C)[C@@H](O[C@@H]2O[C@H](C)C[C@H](N(C)C)[C@H]2O)[C@](C)(O)C[C@@H](C)CN(C)[C@H](C)[C@H]2CC(=O)C[C@@]21C. The van der Waals surface area contributed by atoms with Crippen LogP contribution >= 0.6 is 0 Å². The second kappa shape index (κ2) is 20.3. The molecule has 18 atom stereocenters. The lowest BCUT2D eigenvalue weighted by molar-refractivity contribution is -0.320. The van der Waals surface area contributed by atoms with E-state index in [1.165, 1.54) is 0 Å². The van der Waals surface area contributed by atoms with E-state index in [1.807, 2.05) is 53.6 Å². The van der Waals surface area contributed by atoms with E-state index in [9.17, 15) is 24.9 Å². The molecule has 0 radical (unpaired) electrons. The van der Waals surface area contributed by atoms with Crippen molar-refractivity contribution < 1.29 is 58.1 Å². The molecule has 0 aromatic carbocycles. The molecule has 0 unspecified atom stereocenters. The van der Waals surface area contributed by atoms with Gasteiger partial charge in [-0.15, -0.1) is 0 Å². The molecule has 14 nitrogen and oxygen atoms in total. The summed E-state index contributed by atoms with van der Waals surface area (Å²) in [5.41, 5.74) is -2.92. The summed E-state index contributed by atoms with van der Waals surface area (Å²) in [5.74, 6) is -1.95. The fourth-order valence-electron chi connectivity index (χ4n) is 10.9. The number of aliphatic hydroxyl groups excluding tert-OH is 2. The first-order valence-corrected chi connectivity index (χ1v) is 21.9. The lowest BCUT2D eigenvalue weighted by Crippen LogP contribution is -2.60. The lowest BCUT2D eigenvalue weighted by atomic mass is 9.70. The van der Waals surface area contributed by atoms with E-state index < -0.39 is 83.6 Å². The number of aliphatic hydroxyl groups is 3. The Bertz CT molecular complexity index is 1340. The Kier molecular flexibility index (Phi) is 17.2. The van der Waals surface area contributed by atoms with Gasteiger partial charge in [0.1, 0.15) is 24.1 Å². The van der Waals surface area contributed by atoms with Crippen LogP contribution in [-0.4, -0.2) is 163 Å². The van der Waals surface area contributed by atoms with Gasteiger partial charge in [0.15, 0.2) is 12.6 Å². The Morgan fingerprint density at radius 2 is 1.66 bits per heavy atom. The van der Waals surface area contributed by atoms with Gasteiger partial charge >= 0.3 is 5.97 Å². The second-order valence-corrected chi connectivity index (χ2v) is 19.5. The lowest BCUT2D eigenvalue weighted by Gasteiger charge is -2.49. The predicted molar refractivity (Wildman–Crippen MR) is 219 cm³/mol. The minimum absolute atomic E-state index is 0.000885. The standard InChI is InChI=1S/C44H80N2O12/c1-15-34-42(8)22-31(48)20-32(42)29(6)46(13)24-25(2)21-43(9,51)38(58-41-36(49)33(45(11)12)19-26(3)54-41)27(4)37(28(5)40(50)56-34)57-35-23-44(10,52-14)39(30(7)55-35)53-18-16-17-47/h25-30,32-39,41,47,49,51H,15-24H2,1-14H3/t25-,26-,27+,28-,29-,30+,32-,33+,34-,35+,36-,37+,38-,39+,41+,42+,43-,44-/m1/s1. The van der Waals surface area contributed by atoms with Crippen LogP contribution < -0.4 is 0 Å². The van der Waals surface area contributed by atoms with Crippen LogP contribution in [0.2, 0.25) is 0 Å². The molecular formula is C44H80N2O12. The molecule has 3 heterocycles. The van der Waals surface area contributed by atoms with Gasteiger partial charge in [-0.2, -0.15) is 0 Å². The van der Waals surface area contributed by atoms with Crippen LogP contribution in [0.1, 0.15) is 114 Å². The molecule has 4 aliphatic rings. The minimum Gasteiger partial charge on any atom is -0.461 e. The Hall–Kier alpha value is -1.30. The summed E-state index contributed by atoms with van der Waals surface area (Å²) in [4.78, 5) is 32.1. The molecule has 0 amide bonds. The van der Waals surface area contributed by atoms with Gasteiger partial charge < -0.3 is 58.3 Å². The largest absolute Gasteiger partial charge is 0.461 e. The molecule has 0 aromatic rings. The normalized spacial score (nSPS) is 46.7. The van der Waals surface area contributed by atoms with E-state index in [2.05, 4.69) is 32.7 Å². The summed E-state index contributed by atoms with van der Waals surface area (Å²) < 4.78 is 45.4. The van der Waals surface area contributed by atoms with E-state index in [-0.39, 0.29) is 48.8 Å². The fourth-order valence-corrected chi connectivity index (χ4v) is 10.9. The van der Waals surface area contributed by atoms with Crippen molar-refractivity contribution >= 4 is 11.8 Å². The number of hydrogen-bond donors (Lipinski definition) is 3. The monoisotopic (exact) mass is 829 g/mol. The number of ether oxygens (including phenoxy) is 7. The van der Waals surface area contributed by atoms with Gasteiger partial charge in [-0.1, -0.05) is 27.7 Å². The average molecular weight is 829 g/mol. The van der Waals surface area contributed by atoms with Gasteiger partial charge in [-0.05, 0) is 100 Å². The number of nitrogens with zero attached hydrogens (tertiary/aromatic N) is 2. The predicted octanol–water partition coefficient (Wildman–Crippen LogP) is 4.18. The Balaban J connectivity index is 1.81. The minimum atomic E-state index is -1.50. The maximum atomic E-state index is 14.7. The molecule has 0 bridgehead atoms. The summed E-state index contributed by atoms with van der Waals surface area (Å²) in [5, 5.41) is 33.8. The zero-order valence-electron chi connectivity index (χ0n) is 38.1. The zero-order chi connectivity index (χ0) is 43.5.